The lowest BCUT2D eigenvalue weighted by atomic mass is 10.2. The Kier molecular flexibility index (Phi) is 4.42. The normalized spacial score (nSPS) is 11.3. The van der Waals surface area contributed by atoms with E-state index in [0.29, 0.717) is 10.2 Å². The quantitative estimate of drug-likeness (QED) is 0.881. The first-order chi connectivity index (χ1) is 9.44. The van der Waals surface area contributed by atoms with Crippen LogP contribution in [0.15, 0.2) is 51.8 Å². The molecule has 0 radical (unpaired) electrons. The molecule has 0 aromatic heterocycles. The first-order valence-electron chi connectivity index (χ1n) is 5.60. The van der Waals surface area contributed by atoms with Crippen LogP contribution in [0, 0.1) is 5.82 Å². The van der Waals surface area contributed by atoms with Crippen molar-refractivity contribution >= 4 is 31.6 Å². The molecule has 2 N–H and O–H groups in total. The molecule has 2 aromatic carbocycles. The van der Waals surface area contributed by atoms with Crippen molar-refractivity contribution < 1.29 is 17.9 Å². The summed E-state index contributed by atoms with van der Waals surface area (Å²) in [4.78, 5) is -0.514. The van der Waals surface area contributed by atoms with Gasteiger partial charge in [-0.25, -0.2) is 12.8 Å². The van der Waals surface area contributed by atoms with Crippen LogP contribution in [0.5, 0.6) is 0 Å². The molecule has 20 heavy (non-hydrogen) atoms. The molecule has 0 spiro atoms. The highest BCUT2D eigenvalue weighted by atomic mass is 79.9. The highest BCUT2D eigenvalue weighted by Crippen LogP contribution is 2.25. The molecule has 0 fully saturated rings. The fourth-order valence-corrected chi connectivity index (χ4v) is 3.51. The Labute approximate surface area is 124 Å². The van der Waals surface area contributed by atoms with E-state index in [1.54, 1.807) is 30.3 Å². The maximum atomic E-state index is 14.1. The molecule has 106 valence electrons. The largest absolute Gasteiger partial charge is 0.392 e. The van der Waals surface area contributed by atoms with E-state index in [1.165, 1.54) is 6.07 Å². The summed E-state index contributed by atoms with van der Waals surface area (Å²) in [5.74, 6) is -0.959. The fourth-order valence-electron chi connectivity index (χ4n) is 1.65. The van der Waals surface area contributed by atoms with Gasteiger partial charge in [0.05, 0.1) is 6.61 Å². The van der Waals surface area contributed by atoms with Gasteiger partial charge < -0.3 is 5.11 Å². The van der Waals surface area contributed by atoms with Crippen molar-refractivity contribution in [2.45, 2.75) is 11.5 Å². The van der Waals surface area contributed by atoms with Crippen LogP contribution in [-0.2, 0) is 16.6 Å². The molecule has 2 aromatic rings. The number of rotatable bonds is 4. The highest BCUT2D eigenvalue weighted by molar-refractivity contribution is 9.10. The van der Waals surface area contributed by atoms with Crippen LogP contribution >= 0.6 is 15.9 Å². The van der Waals surface area contributed by atoms with E-state index in [4.69, 9.17) is 5.11 Å². The Balaban J connectivity index is 2.47. The third-order valence-corrected chi connectivity index (χ3v) is 4.40. The molecule has 0 atom stereocenters. The zero-order valence-electron chi connectivity index (χ0n) is 10.2. The average Bonchev–Trinajstić information content (AvgIpc) is 2.41. The summed E-state index contributed by atoms with van der Waals surface area (Å²) in [6, 6.07) is 10.7. The number of halogens is 2. The monoisotopic (exact) mass is 359 g/mol. The number of anilines is 1. The van der Waals surface area contributed by atoms with Crippen molar-refractivity contribution in [3.63, 3.8) is 0 Å². The maximum absolute atomic E-state index is 14.1. The SMILES string of the molecule is O=S(=O)(Nc1ccccc1)c1cc(Br)cc(CO)c1F. The third kappa shape index (κ3) is 3.17. The number of para-hydroxylation sites is 1. The number of hydrogen-bond acceptors (Lipinski definition) is 3. The van der Waals surface area contributed by atoms with E-state index in [-0.39, 0.29) is 5.56 Å². The van der Waals surface area contributed by atoms with Crippen LogP contribution in [0.4, 0.5) is 10.1 Å². The zero-order chi connectivity index (χ0) is 14.8. The summed E-state index contributed by atoms with van der Waals surface area (Å²) in [7, 11) is -4.07. The molecule has 0 aliphatic heterocycles. The predicted molar refractivity (Wildman–Crippen MR) is 77.3 cm³/mol. The molecule has 0 aliphatic rings. The lowest BCUT2D eigenvalue weighted by molar-refractivity contribution is 0.274. The van der Waals surface area contributed by atoms with Crippen molar-refractivity contribution in [3.8, 4) is 0 Å². The molecule has 7 heteroatoms. The zero-order valence-corrected chi connectivity index (χ0v) is 12.6. The summed E-state index contributed by atoms with van der Waals surface area (Å²) in [5.41, 5.74) is 0.241. The van der Waals surface area contributed by atoms with Crippen molar-refractivity contribution in [2.75, 3.05) is 4.72 Å². The van der Waals surface area contributed by atoms with Gasteiger partial charge >= 0.3 is 0 Å². The van der Waals surface area contributed by atoms with Gasteiger partial charge in [0.1, 0.15) is 10.7 Å². The van der Waals surface area contributed by atoms with E-state index in [0.717, 1.165) is 6.07 Å². The molecule has 0 unspecified atom stereocenters. The second-order valence-corrected chi connectivity index (χ2v) is 6.57. The third-order valence-electron chi connectivity index (χ3n) is 2.57. The van der Waals surface area contributed by atoms with Gasteiger partial charge in [-0.05, 0) is 24.3 Å². The van der Waals surface area contributed by atoms with E-state index in [1.807, 2.05) is 0 Å². The topological polar surface area (TPSA) is 66.4 Å². The Bertz CT molecular complexity index is 720. The molecule has 0 heterocycles. The van der Waals surface area contributed by atoms with Crippen LogP contribution in [0.2, 0.25) is 0 Å². The first-order valence-corrected chi connectivity index (χ1v) is 7.88. The van der Waals surface area contributed by atoms with Gasteiger partial charge in [-0.15, -0.1) is 0 Å². The second kappa shape index (κ2) is 5.90. The highest BCUT2D eigenvalue weighted by Gasteiger charge is 2.22. The van der Waals surface area contributed by atoms with Crippen LogP contribution in [0.1, 0.15) is 5.56 Å². The summed E-state index contributed by atoms with van der Waals surface area (Å²) < 4.78 is 41.1. The average molecular weight is 360 g/mol. The van der Waals surface area contributed by atoms with Gasteiger partial charge in [-0.3, -0.25) is 4.72 Å². The molecule has 2 rings (SSSR count). The van der Waals surface area contributed by atoms with Gasteiger partial charge in [-0.1, -0.05) is 34.1 Å². The van der Waals surface area contributed by atoms with E-state index in [9.17, 15) is 12.8 Å². The number of aliphatic hydroxyl groups excluding tert-OH is 1. The van der Waals surface area contributed by atoms with E-state index >= 15 is 0 Å². The molecule has 0 saturated carbocycles. The summed E-state index contributed by atoms with van der Waals surface area (Å²) >= 11 is 3.10. The lowest BCUT2D eigenvalue weighted by Gasteiger charge is -2.11. The predicted octanol–water partition coefficient (Wildman–Crippen LogP) is 2.88. The Morgan fingerprint density at radius 3 is 2.45 bits per heavy atom. The summed E-state index contributed by atoms with van der Waals surface area (Å²) in [6.45, 7) is -0.584. The van der Waals surface area contributed by atoms with E-state index < -0.39 is 27.3 Å². The van der Waals surface area contributed by atoms with Crippen molar-refractivity contribution in [1.29, 1.82) is 0 Å². The smallest absolute Gasteiger partial charge is 0.264 e. The number of benzene rings is 2. The van der Waals surface area contributed by atoms with Crippen LogP contribution in [0.25, 0.3) is 0 Å². The molecular weight excluding hydrogens is 349 g/mol. The van der Waals surface area contributed by atoms with Crippen LogP contribution in [0.3, 0.4) is 0 Å². The van der Waals surface area contributed by atoms with Gasteiger partial charge in [-0.2, -0.15) is 0 Å². The number of nitrogens with one attached hydrogen (secondary N) is 1. The van der Waals surface area contributed by atoms with Gasteiger partial charge in [0.25, 0.3) is 10.0 Å². The molecule has 0 aliphatic carbocycles. The molecule has 0 bridgehead atoms. The number of aliphatic hydroxyl groups is 1. The Morgan fingerprint density at radius 1 is 1.20 bits per heavy atom. The lowest BCUT2D eigenvalue weighted by Crippen LogP contribution is -2.15. The van der Waals surface area contributed by atoms with Gasteiger partial charge in [0.2, 0.25) is 0 Å². The molecule has 0 saturated heterocycles. The van der Waals surface area contributed by atoms with E-state index in [2.05, 4.69) is 20.7 Å². The standard InChI is InChI=1S/C13H11BrFNO3S/c14-10-6-9(8-17)13(15)12(7-10)20(18,19)16-11-4-2-1-3-5-11/h1-7,16-17H,8H2. The second-order valence-electron chi connectivity index (χ2n) is 4.01. The number of hydrogen-bond donors (Lipinski definition) is 2. The van der Waals surface area contributed by atoms with Crippen LogP contribution in [-0.4, -0.2) is 13.5 Å². The maximum Gasteiger partial charge on any atom is 0.264 e. The Morgan fingerprint density at radius 2 is 1.85 bits per heavy atom. The van der Waals surface area contributed by atoms with Crippen molar-refractivity contribution in [3.05, 3.63) is 58.3 Å². The van der Waals surface area contributed by atoms with Gasteiger partial charge in [0, 0.05) is 15.7 Å². The summed E-state index contributed by atoms with van der Waals surface area (Å²) in [6.07, 6.45) is 0. The van der Waals surface area contributed by atoms with Crippen molar-refractivity contribution in [2.24, 2.45) is 0 Å². The molecule has 0 amide bonds. The minimum absolute atomic E-state index is 0.0900. The molecular formula is C13H11BrFNO3S. The fraction of sp³-hybridized carbons (Fsp3) is 0.0769. The minimum atomic E-state index is -4.07. The minimum Gasteiger partial charge on any atom is -0.392 e. The van der Waals surface area contributed by atoms with Crippen molar-refractivity contribution in [1.82, 2.24) is 0 Å². The number of sulfonamides is 1. The van der Waals surface area contributed by atoms with Gasteiger partial charge in [0.15, 0.2) is 0 Å². The Hall–Kier alpha value is -1.44. The summed E-state index contributed by atoms with van der Waals surface area (Å²) in [5, 5.41) is 9.05. The molecule has 4 nitrogen and oxygen atoms in total. The van der Waals surface area contributed by atoms with Crippen LogP contribution < -0.4 is 4.72 Å². The first kappa shape index (κ1) is 15.0.